The molecule has 0 aliphatic carbocycles. The molecule has 1 aromatic carbocycles. The molecule has 0 atom stereocenters. The molecule has 0 saturated carbocycles. The third-order valence-corrected chi connectivity index (χ3v) is 5.30. The molecule has 1 saturated heterocycles. The first kappa shape index (κ1) is 18.3. The van der Waals surface area contributed by atoms with Crippen LogP contribution in [-0.4, -0.2) is 51.9 Å². The Labute approximate surface area is 165 Å². The van der Waals surface area contributed by atoms with Gasteiger partial charge in [0.1, 0.15) is 5.82 Å². The number of hydrogen-bond donors (Lipinski definition) is 1. The van der Waals surface area contributed by atoms with E-state index in [1.807, 2.05) is 10.3 Å². The summed E-state index contributed by atoms with van der Waals surface area (Å²) in [5, 5.41) is 5.57. The maximum atomic E-state index is 13.1. The van der Waals surface area contributed by atoms with Gasteiger partial charge in [-0.3, -0.25) is 4.79 Å². The van der Waals surface area contributed by atoms with Crippen molar-refractivity contribution in [3.63, 3.8) is 0 Å². The van der Waals surface area contributed by atoms with Gasteiger partial charge >= 0.3 is 0 Å². The van der Waals surface area contributed by atoms with E-state index in [0.717, 1.165) is 24.5 Å². The Bertz CT molecular complexity index is 925. The fourth-order valence-corrected chi connectivity index (χ4v) is 3.74. The van der Waals surface area contributed by atoms with E-state index in [1.54, 1.807) is 30.6 Å². The van der Waals surface area contributed by atoms with E-state index < -0.39 is 0 Å². The van der Waals surface area contributed by atoms with Crippen LogP contribution in [0.5, 0.6) is 0 Å². The van der Waals surface area contributed by atoms with Gasteiger partial charge in [-0.1, -0.05) is 0 Å². The van der Waals surface area contributed by atoms with Crippen molar-refractivity contribution >= 4 is 34.0 Å². The molecule has 3 aromatic rings. The molecule has 0 radical (unpaired) electrons. The summed E-state index contributed by atoms with van der Waals surface area (Å²) in [6, 6.07) is 8.20. The Balaban J connectivity index is 1.29. The molecule has 7 nitrogen and oxygen atoms in total. The van der Waals surface area contributed by atoms with Crippen LogP contribution in [-0.2, 0) is 11.2 Å². The lowest BCUT2D eigenvalue weighted by atomic mass is 10.2. The second-order valence-corrected chi connectivity index (χ2v) is 7.22. The fraction of sp³-hybridized carbons (Fsp3) is 0.263. The molecule has 1 N–H and O–H groups in total. The van der Waals surface area contributed by atoms with Crippen LogP contribution in [0.15, 0.2) is 48.1 Å². The van der Waals surface area contributed by atoms with Gasteiger partial charge < -0.3 is 15.1 Å². The molecular formula is C19H19FN6OS. The lowest BCUT2D eigenvalue weighted by Gasteiger charge is -2.36. The maximum Gasteiger partial charge on any atom is 0.228 e. The number of piperazine rings is 1. The minimum Gasteiger partial charge on any atom is -0.368 e. The molecular weight excluding hydrogens is 379 g/mol. The summed E-state index contributed by atoms with van der Waals surface area (Å²) in [6.07, 6.45) is 3.57. The summed E-state index contributed by atoms with van der Waals surface area (Å²) in [7, 11) is 0. The monoisotopic (exact) mass is 398 g/mol. The smallest absolute Gasteiger partial charge is 0.228 e. The molecule has 3 heterocycles. The van der Waals surface area contributed by atoms with Crippen LogP contribution in [0.4, 0.5) is 21.2 Å². The number of rotatable bonds is 5. The molecule has 0 unspecified atom stereocenters. The van der Waals surface area contributed by atoms with Crippen molar-refractivity contribution in [1.29, 1.82) is 0 Å². The van der Waals surface area contributed by atoms with E-state index in [0.29, 0.717) is 24.2 Å². The van der Waals surface area contributed by atoms with Crippen LogP contribution in [0.2, 0.25) is 0 Å². The maximum absolute atomic E-state index is 13.1. The summed E-state index contributed by atoms with van der Waals surface area (Å²) >= 11 is 1.42. The molecule has 1 aliphatic rings. The first-order valence-electron chi connectivity index (χ1n) is 8.94. The summed E-state index contributed by atoms with van der Waals surface area (Å²) in [5.74, 6) is 0.298. The van der Waals surface area contributed by atoms with Crippen LogP contribution in [0, 0.1) is 5.82 Å². The standard InChI is InChI=1S/C19H19FN6OS/c20-14-2-4-16(5-3-14)25-8-10-26(11-9-25)17(27)12-15-13-28-19(23-15)24-18-21-6-1-7-22-18/h1-7,13H,8-12H2,(H,21,22,23,24). The van der Waals surface area contributed by atoms with E-state index in [2.05, 4.69) is 25.2 Å². The van der Waals surface area contributed by atoms with Crippen LogP contribution < -0.4 is 10.2 Å². The number of nitrogens with one attached hydrogen (secondary N) is 1. The lowest BCUT2D eigenvalue weighted by molar-refractivity contribution is -0.130. The number of nitrogens with zero attached hydrogens (tertiary/aromatic N) is 5. The van der Waals surface area contributed by atoms with E-state index in [-0.39, 0.29) is 18.1 Å². The van der Waals surface area contributed by atoms with Crippen LogP contribution in [0.25, 0.3) is 0 Å². The van der Waals surface area contributed by atoms with Gasteiger partial charge in [-0.2, -0.15) is 0 Å². The number of hydrogen-bond acceptors (Lipinski definition) is 7. The van der Waals surface area contributed by atoms with Crippen molar-refractivity contribution in [2.45, 2.75) is 6.42 Å². The van der Waals surface area contributed by atoms with Gasteiger partial charge in [0.15, 0.2) is 5.13 Å². The predicted molar refractivity (Wildman–Crippen MR) is 106 cm³/mol. The number of thiazole rings is 1. The zero-order chi connectivity index (χ0) is 19.3. The summed E-state index contributed by atoms with van der Waals surface area (Å²) in [4.78, 5) is 29.3. The summed E-state index contributed by atoms with van der Waals surface area (Å²) < 4.78 is 13.1. The summed E-state index contributed by atoms with van der Waals surface area (Å²) in [5.41, 5.74) is 1.71. The Morgan fingerprint density at radius 2 is 1.82 bits per heavy atom. The van der Waals surface area contributed by atoms with Crippen LogP contribution in [0.1, 0.15) is 5.69 Å². The normalized spacial score (nSPS) is 14.2. The SMILES string of the molecule is O=C(Cc1csc(Nc2ncccn2)n1)N1CCN(c2ccc(F)cc2)CC1. The molecule has 1 amide bonds. The highest BCUT2D eigenvalue weighted by Crippen LogP contribution is 2.20. The van der Waals surface area contributed by atoms with Gasteiger partial charge in [-0.05, 0) is 30.3 Å². The van der Waals surface area contributed by atoms with Gasteiger partial charge in [-0.15, -0.1) is 11.3 Å². The van der Waals surface area contributed by atoms with E-state index in [9.17, 15) is 9.18 Å². The largest absolute Gasteiger partial charge is 0.368 e. The van der Waals surface area contributed by atoms with E-state index >= 15 is 0 Å². The van der Waals surface area contributed by atoms with Crippen LogP contribution in [0.3, 0.4) is 0 Å². The summed E-state index contributed by atoms with van der Waals surface area (Å²) in [6.45, 7) is 2.74. The minimum atomic E-state index is -0.242. The Kier molecular flexibility index (Phi) is 5.43. The van der Waals surface area contributed by atoms with Crippen molar-refractivity contribution in [3.05, 3.63) is 59.6 Å². The Morgan fingerprint density at radius 3 is 2.54 bits per heavy atom. The van der Waals surface area contributed by atoms with Crippen molar-refractivity contribution in [1.82, 2.24) is 19.9 Å². The number of benzene rings is 1. The molecule has 4 rings (SSSR count). The lowest BCUT2D eigenvalue weighted by Crippen LogP contribution is -2.49. The number of carbonyl (C=O) groups excluding carboxylic acids is 1. The number of halogens is 1. The first-order valence-corrected chi connectivity index (χ1v) is 9.82. The van der Waals surface area contributed by atoms with Crippen molar-refractivity contribution in [2.24, 2.45) is 0 Å². The number of aromatic nitrogens is 3. The number of carbonyl (C=O) groups is 1. The molecule has 2 aromatic heterocycles. The quantitative estimate of drug-likeness (QED) is 0.712. The minimum absolute atomic E-state index is 0.0616. The van der Waals surface area contributed by atoms with E-state index in [4.69, 9.17) is 0 Å². The fourth-order valence-electron chi connectivity index (χ4n) is 3.04. The van der Waals surface area contributed by atoms with Crippen molar-refractivity contribution in [3.8, 4) is 0 Å². The van der Waals surface area contributed by atoms with Crippen LogP contribution >= 0.6 is 11.3 Å². The predicted octanol–water partition coefficient (Wildman–Crippen LogP) is 2.71. The zero-order valence-electron chi connectivity index (χ0n) is 15.1. The molecule has 144 valence electrons. The second kappa shape index (κ2) is 8.30. The molecule has 0 bridgehead atoms. The highest BCUT2D eigenvalue weighted by atomic mass is 32.1. The molecule has 28 heavy (non-hydrogen) atoms. The highest BCUT2D eigenvalue weighted by molar-refractivity contribution is 7.13. The molecule has 0 spiro atoms. The van der Waals surface area contributed by atoms with Crippen molar-refractivity contribution in [2.75, 3.05) is 36.4 Å². The van der Waals surface area contributed by atoms with Gasteiger partial charge in [0.25, 0.3) is 0 Å². The van der Waals surface area contributed by atoms with Gasteiger partial charge in [0, 0.05) is 49.6 Å². The average Bonchev–Trinajstić information content (AvgIpc) is 3.16. The van der Waals surface area contributed by atoms with E-state index in [1.165, 1.54) is 23.5 Å². The molecule has 9 heteroatoms. The second-order valence-electron chi connectivity index (χ2n) is 6.36. The molecule has 1 aliphatic heterocycles. The average molecular weight is 398 g/mol. The topological polar surface area (TPSA) is 74.2 Å². The third-order valence-electron chi connectivity index (χ3n) is 4.49. The van der Waals surface area contributed by atoms with Crippen molar-refractivity contribution < 1.29 is 9.18 Å². The zero-order valence-corrected chi connectivity index (χ0v) is 15.9. The number of anilines is 3. The van der Waals surface area contributed by atoms with Gasteiger partial charge in [0.05, 0.1) is 12.1 Å². The number of amides is 1. The van der Waals surface area contributed by atoms with Gasteiger partial charge in [0.2, 0.25) is 11.9 Å². The first-order chi connectivity index (χ1) is 13.7. The third kappa shape index (κ3) is 4.42. The van der Waals surface area contributed by atoms with Gasteiger partial charge in [-0.25, -0.2) is 19.3 Å². The molecule has 1 fully saturated rings. The Morgan fingerprint density at radius 1 is 1.11 bits per heavy atom. The Hall–Kier alpha value is -3.07. The highest BCUT2D eigenvalue weighted by Gasteiger charge is 2.22.